The number of benzene rings is 2. The first kappa shape index (κ1) is 32.1. The molecule has 2 fully saturated rings. The summed E-state index contributed by atoms with van der Waals surface area (Å²) in [6.45, 7) is 5.60. The van der Waals surface area contributed by atoms with Gasteiger partial charge in [0.1, 0.15) is 0 Å². The predicted octanol–water partition coefficient (Wildman–Crippen LogP) is 5.17. The van der Waals surface area contributed by atoms with Crippen molar-refractivity contribution in [3.05, 3.63) is 59.7 Å². The molecule has 1 aliphatic carbocycles. The Morgan fingerprint density at radius 2 is 1.63 bits per heavy atom. The van der Waals surface area contributed by atoms with Gasteiger partial charge < -0.3 is 34.0 Å². The topological polar surface area (TPSA) is 109 Å². The van der Waals surface area contributed by atoms with Crippen molar-refractivity contribution < 1.29 is 33.7 Å². The molecule has 3 amide bonds. The molecule has 0 spiro atoms. The summed E-state index contributed by atoms with van der Waals surface area (Å²) in [6, 6.07) is 13.9. The summed E-state index contributed by atoms with van der Waals surface area (Å²) in [6.07, 6.45) is 3.49. The molecular formula is C33H45N3O7. The van der Waals surface area contributed by atoms with E-state index in [-0.39, 0.29) is 42.5 Å². The van der Waals surface area contributed by atoms with Gasteiger partial charge in [-0.3, -0.25) is 9.59 Å². The molecule has 0 radical (unpaired) electrons. The second-order valence-electron chi connectivity index (χ2n) is 11.6. The smallest absolute Gasteiger partial charge is 0.407 e. The molecule has 0 unspecified atom stereocenters. The Labute approximate surface area is 254 Å². The van der Waals surface area contributed by atoms with E-state index >= 15 is 0 Å². The molecule has 2 atom stereocenters. The monoisotopic (exact) mass is 595 g/mol. The molecule has 10 nitrogen and oxygen atoms in total. The molecule has 1 saturated heterocycles. The zero-order chi connectivity index (χ0) is 30.9. The second kappa shape index (κ2) is 15.1. The van der Waals surface area contributed by atoms with Crippen molar-refractivity contribution in [2.45, 2.75) is 76.5 Å². The molecule has 2 aliphatic rings. The first-order chi connectivity index (χ1) is 20.7. The molecule has 4 rings (SSSR count). The van der Waals surface area contributed by atoms with Crippen LogP contribution in [0.4, 0.5) is 4.79 Å². The van der Waals surface area contributed by atoms with Crippen molar-refractivity contribution in [1.29, 1.82) is 0 Å². The average Bonchev–Trinajstić information content (AvgIpc) is 3.85. The van der Waals surface area contributed by atoms with Crippen molar-refractivity contribution in [3.63, 3.8) is 0 Å². The van der Waals surface area contributed by atoms with E-state index in [1.54, 1.807) is 37.3 Å². The van der Waals surface area contributed by atoms with E-state index in [0.29, 0.717) is 68.1 Å². The van der Waals surface area contributed by atoms with Crippen LogP contribution in [0.1, 0.15) is 73.1 Å². The van der Waals surface area contributed by atoms with Gasteiger partial charge in [-0.15, -0.1) is 0 Å². The minimum absolute atomic E-state index is 0.00298. The van der Waals surface area contributed by atoms with Gasteiger partial charge in [0.2, 0.25) is 0 Å². The molecule has 1 aliphatic heterocycles. The number of nitrogens with zero attached hydrogens (tertiary/aromatic N) is 3. The van der Waals surface area contributed by atoms with Gasteiger partial charge in [-0.25, -0.2) is 4.79 Å². The number of carboxylic acid groups (broad SMARTS) is 1. The van der Waals surface area contributed by atoms with Gasteiger partial charge in [0.25, 0.3) is 11.8 Å². The average molecular weight is 596 g/mol. The van der Waals surface area contributed by atoms with E-state index in [1.807, 2.05) is 49.1 Å². The molecule has 10 heteroatoms. The lowest BCUT2D eigenvalue weighted by molar-refractivity contribution is 0.0300. The number of likely N-dealkylation sites (tertiary alicyclic amines) is 1. The van der Waals surface area contributed by atoms with Gasteiger partial charge in [-0.2, -0.15) is 0 Å². The van der Waals surface area contributed by atoms with Crippen LogP contribution in [0.2, 0.25) is 0 Å². The standard InChI is InChI=1S/C33H45N3O7/c1-23(2)36(32(38)25-11-16-29(42-4)30(21-25)43-20-8-19-41-3)28-15-14-27(35(22-28)33(39)40)17-18-34(26-12-13-26)31(37)24-9-6-5-7-10-24/h5-7,9-11,16,21,23,26-28H,8,12-15,17-20,22H2,1-4H3,(H,39,40)/t27-,28-/m1/s1. The zero-order valence-electron chi connectivity index (χ0n) is 25.7. The fourth-order valence-corrected chi connectivity index (χ4v) is 5.92. The van der Waals surface area contributed by atoms with E-state index in [0.717, 1.165) is 12.8 Å². The Hall–Kier alpha value is -3.79. The predicted molar refractivity (Wildman–Crippen MR) is 163 cm³/mol. The highest BCUT2D eigenvalue weighted by atomic mass is 16.5. The van der Waals surface area contributed by atoms with Crippen LogP contribution in [-0.4, -0.2) is 102 Å². The highest BCUT2D eigenvalue weighted by Crippen LogP contribution is 2.33. The second-order valence-corrected chi connectivity index (χ2v) is 11.6. The molecule has 43 heavy (non-hydrogen) atoms. The minimum Gasteiger partial charge on any atom is -0.493 e. The van der Waals surface area contributed by atoms with Gasteiger partial charge in [0, 0.05) is 62.5 Å². The van der Waals surface area contributed by atoms with Crippen LogP contribution < -0.4 is 9.47 Å². The van der Waals surface area contributed by atoms with Gasteiger partial charge >= 0.3 is 6.09 Å². The lowest BCUT2D eigenvalue weighted by atomic mass is 9.93. The fourth-order valence-electron chi connectivity index (χ4n) is 5.92. The Kier molecular flexibility index (Phi) is 11.3. The van der Waals surface area contributed by atoms with Crippen molar-refractivity contribution >= 4 is 17.9 Å². The quantitative estimate of drug-likeness (QED) is 0.300. The lowest BCUT2D eigenvalue weighted by Crippen LogP contribution is -2.57. The van der Waals surface area contributed by atoms with Gasteiger partial charge in [-0.1, -0.05) is 18.2 Å². The summed E-state index contributed by atoms with van der Waals surface area (Å²) in [5, 5.41) is 10.2. The largest absolute Gasteiger partial charge is 0.493 e. The van der Waals surface area contributed by atoms with E-state index in [4.69, 9.17) is 14.2 Å². The lowest BCUT2D eigenvalue weighted by Gasteiger charge is -2.44. The molecule has 0 aromatic heterocycles. The third-order valence-corrected chi connectivity index (χ3v) is 8.24. The van der Waals surface area contributed by atoms with Crippen molar-refractivity contribution in [3.8, 4) is 11.5 Å². The summed E-state index contributed by atoms with van der Waals surface area (Å²) in [5.41, 5.74) is 1.11. The maximum atomic E-state index is 13.9. The van der Waals surface area contributed by atoms with E-state index in [9.17, 15) is 19.5 Å². The molecule has 1 saturated carbocycles. The summed E-state index contributed by atoms with van der Waals surface area (Å²) < 4.78 is 16.4. The van der Waals surface area contributed by atoms with Gasteiger partial charge in [0.15, 0.2) is 11.5 Å². The van der Waals surface area contributed by atoms with Crippen LogP contribution in [0.25, 0.3) is 0 Å². The Morgan fingerprint density at radius 3 is 2.26 bits per heavy atom. The number of ether oxygens (including phenoxy) is 3. The fraction of sp³-hybridized carbons (Fsp3) is 0.545. The number of hydrogen-bond acceptors (Lipinski definition) is 6. The highest BCUT2D eigenvalue weighted by Gasteiger charge is 2.39. The molecule has 1 heterocycles. The van der Waals surface area contributed by atoms with Crippen LogP contribution in [-0.2, 0) is 4.74 Å². The Morgan fingerprint density at radius 1 is 0.907 bits per heavy atom. The first-order valence-electron chi connectivity index (χ1n) is 15.2. The van der Waals surface area contributed by atoms with Crippen molar-refractivity contribution in [1.82, 2.24) is 14.7 Å². The van der Waals surface area contributed by atoms with Crippen LogP contribution in [0.3, 0.4) is 0 Å². The number of methoxy groups -OCH3 is 2. The zero-order valence-corrected chi connectivity index (χ0v) is 25.7. The number of piperidine rings is 1. The molecule has 234 valence electrons. The summed E-state index contributed by atoms with van der Waals surface area (Å²) >= 11 is 0. The molecule has 2 aromatic rings. The first-order valence-corrected chi connectivity index (χ1v) is 15.2. The molecule has 2 aromatic carbocycles. The third-order valence-electron chi connectivity index (χ3n) is 8.24. The van der Waals surface area contributed by atoms with Crippen molar-refractivity contribution in [2.75, 3.05) is 40.5 Å². The van der Waals surface area contributed by atoms with Crippen LogP contribution in [0.15, 0.2) is 48.5 Å². The van der Waals surface area contributed by atoms with E-state index < -0.39 is 6.09 Å². The number of hydrogen-bond donors (Lipinski definition) is 1. The maximum Gasteiger partial charge on any atom is 0.407 e. The van der Waals surface area contributed by atoms with E-state index in [2.05, 4.69) is 0 Å². The van der Waals surface area contributed by atoms with Gasteiger partial charge in [0.05, 0.1) is 19.8 Å². The minimum atomic E-state index is -1.01. The van der Waals surface area contributed by atoms with Crippen LogP contribution in [0.5, 0.6) is 11.5 Å². The summed E-state index contributed by atoms with van der Waals surface area (Å²) in [7, 11) is 3.19. The van der Waals surface area contributed by atoms with Gasteiger partial charge in [-0.05, 0) is 76.3 Å². The molecular weight excluding hydrogens is 550 g/mol. The summed E-state index contributed by atoms with van der Waals surface area (Å²) in [5.74, 6) is 0.834. The Balaban J connectivity index is 1.45. The summed E-state index contributed by atoms with van der Waals surface area (Å²) in [4.78, 5) is 44.7. The van der Waals surface area contributed by atoms with Crippen LogP contribution in [0, 0.1) is 0 Å². The SMILES string of the molecule is COCCCOc1cc(C(=O)N(C(C)C)[C@@H]2CC[C@H](CCN(C(=O)c3ccccc3)C3CC3)N(C(=O)O)C2)ccc1OC. The maximum absolute atomic E-state index is 13.9. The van der Waals surface area contributed by atoms with Crippen LogP contribution >= 0.6 is 0 Å². The normalized spacial score (nSPS) is 18.3. The number of carbonyl (C=O) groups excluding carboxylic acids is 2. The third kappa shape index (κ3) is 8.19. The van der Waals surface area contributed by atoms with Crippen molar-refractivity contribution in [2.24, 2.45) is 0 Å². The molecule has 1 N–H and O–H groups in total. The number of rotatable bonds is 14. The highest BCUT2D eigenvalue weighted by molar-refractivity contribution is 5.95. The number of carbonyl (C=O) groups is 3. The number of amides is 3. The molecule has 0 bridgehead atoms. The van der Waals surface area contributed by atoms with E-state index in [1.165, 1.54) is 4.90 Å². The Bertz CT molecular complexity index is 1230.